The molecule has 0 saturated heterocycles. The van der Waals surface area contributed by atoms with Crippen molar-refractivity contribution in [3.63, 3.8) is 0 Å². The Morgan fingerprint density at radius 3 is 2.71 bits per heavy atom. The minimum Gasteiger partial charge on any atom is -0.323 e. The zero-order valence-corrected chi connectivity index (χ0v) is 13.5. The molecule has 0 bridgehead atoms. The van der Waals surface area contributed by atoms with Gasteiger partial charge in [0.15, 0.2) is 0 Å². The van der Waals surface area contributed by atoms with Gasteiger partial charge < -0.3 is 10.2 Å². The molecule has 1 heterocycles. The number of nitrogens with one attached hydrogen (secondary N) is 1. The molecule has 0 atom stereocenters. The summed E-state index contributed by atoms with van der Waals surface area (Å²) in [5.41, 5.74) is 5.31. The van der Waals surface area contributed by atoms with Crippen molar-refractivity contribution in [3.8, 4) is 0 Å². The van der Waals surface area contributed by atoms with E-state index in [9.17, 15) is 9.59 Å². The fourth-order valence-electron chi connectivity index (χ4n) is 3.62. The van der Waals surface area contributed by atoms with Gasteiger partial charge in [-0.25, -0.2) is 0 Å². The average Bonchev–Trinajstić information content (AvgIpc) is 2.60. The number of aryl methyl sites for hydroxylation is 2. The number of amides is 2. The number of hydrogen-bond acceptors (Lipinski definition) is 2. The highest BCUT2D eigenvalue weighted by molar-refractivity contribution is 6.10. The molecule has 4 rings (SSSR count). The van der Waals surface area contributed by atoms with Crippen molar-refractivity contribution < 1.29 is 9.59 Å². The summed E-state index contributed by atoms with van der Waals surface area (Å²) in [4.78, 5) is 26.3. The fourth-order valence-corrected chi connectivity index (χ4v) is 3.62. The number of anilines is 2. The predicted molar refractivity (Wildman–Crippen MR) is 94.2 cm³/mol. The molecule has 0 fully saturated rings. The van der Waals surface area contributed by atoms with E-state index in [0.29, 0.717) is 12.1 Å². The smallest absolute Gasteiger partial charge is 0.244 e. The molecule has 2 aromatic rings. The number of hydrogen-bond donors (Lipinski definition) is 1. The van der Waals surface area contributed by atoms with Crippen LogP contribution in [0, 0.1) is 0 Å². The number of carbonyl (C=O) groups excluding carboxylic acids is 2. The summed E-state index contributed by atoms with van der Waals surface area (Å²) in [5, 5.41) is 2.82. The van der Waals surface area contributed by atoms with Crippen LogP contribution in [0.5, 0.6) is 0 Å². The Morgan fingerprint density at radius 2 is 1.83 bits per heavy atom. The van der Waals surface area contributed by atoms with Gasteiger partial charge >= 0.3 is 0 Å². The van der Waals surface area contributed by atoms with Gasteiger partial charge in [0, 0.05) is 0 Å². The van der Waals surface area contributed by atoms with Gasteiger partial charge in [0.1, 0.15) is 6.54 Å². The second kappa shape index (κ2) is 6.11. The van der Waals surface area contributed by atoms with Crippen molar-refractivity contribution in [2.75, 3.05) is 16.8 Å². The summed E-state index contributed by atoms with van der Waals surface area (Å²) >= 11 is 0. The van der Waals surface area contributed by atoms with Crippen molar-refractivity contribution in [1.29, 1.82) is 0 Å². The highest BCUT2D eigenvalue weighted by atomic mass is 16.2. The van der Waals surface area contributed by atoms with E-state index in [4.69, 9.17) is 0 Å². The SMILES string of the molecule is O=C1CN(C(=O)Cc2ccc3c(c2)CCCC3)c2ccccc2N1. The van der Waals surface area contributed by atoms with Gasteiger partial charge in [0.25, 0.3) is 0 Å². The van der Waals surface area contributed by atoms with Crippen LogP contribution in [0.2, 0.25) is 0 Å². The maximum atomic E-state index is 12.8. The van der Waals surface area contributed by atoms with E-state index in [1.54, 1.807) is 4.90 Å². The van der Waals surface area contributed by atoms with Crippen LogP contribution < -0.4 is 10.2 Å². The monoisotopic (exact) mass is 320 g/mol. The molecule has 0 spiro atoms. The van der Waals surface area contributed by atoms with Crippen LogP contribution in [-0.4, -0.2) is 18.4 Å². The van der Waals surface area contributed by atoms with E-state index >= 15 is 0 Å². The minimum absolute atomic E-state index is 0.0342. The lowest BCUT2D eigenvalue weighted by Gasteiger charge is -2.29. The van der Waals surface area contributed by atoms with Crippen molar-refractivity contribution in [3.05, 3.63) is 59.2 Å². The molecule has 1 aliphatic carbocycles. The summed E-state index contributed by atoms with van der Waals surface area (Å²) in [7, 11) is 0. The lowest BCUT2D eigenvalue weighted by Crippen LogP contribution is -2.42. The maximum absolute atomic E-state index is 12.8. The molecule has 4 heteroatoms. The molecule has 4 nitrogen and oxygen atoms in total. The summed E-state index contributed by atoms with van der Waals surface area (Å²) in [5.74, 6) is -0.180. The van der Waals surface area contributed by atoms with Crippen LogP contribution in [0.25, 0.3) is 0 Å². The number of nitrogens with zero attached hydrogens (tertiary/aromatic N) is 1. The van der Waals surface area contributed by atoms with E-state index < -0.39 is 0 Å². The van der Waals surface area contributed by atoms with Crippen molar-refractivity contribution in [1.82, 2.24) is 0 Å². The summed E-state index contributed by atoms with van der Waals surface area (Å²) in [6, 6.07) is 13.8. The molecule has 2 aromatic carbocycles. The third-order valence-corrected chi connectivity index (χ3v) is 4.84. The minimum atomic E-state index is -0.146. The van der Waals surface area contributed by atoms with Gasteiger partial charge in [-0.15, -0.1) is 0 Å². The first-order valence-electron chi connectivity index (χ1n) is 8.50. The Kier molecular flexibility index (Phi) is 3.81. The van der Waals surface area contributed by atoms with Gasteiger partial charge in [-0.1, -0.05) is 30.3 Å². The molecule has 2 amide bonds. The highest BCUT2D eigenvalue weighted by Gasteiger charge is 2.26. The van der Waals surface area contributed by atoms with Crippen LogP contribution in [0.15, 0.2) is 42.5 Å². The average molecular weight is 320 g/mol. The number of rotatable bonds is 2. The van der Waals surface area contributed by atoms with Crippen molar-refractivity contribution >= 4 is 23.2 Å². The Morgan fingerprint density at radius 1 is 1.04 bits per heavy atom. The van der Waals surface area contributed by atoms with Crippen LogP contribution in [0.4, 0.5) is 11.4 Å². The second-order valence-electron chi connectivity index (χ2n) is 6.53. The fraction of sp³-hybridized carbons (Fsp3) is 0.300. The highest BCUT2D eigenvalue weighted by Crippen LogP contribution is 2.29. The van der Waals surface area contributed by atoms with E-state index in [1.165, 1.54) is 24.0 Å². The molecule has 1 aliphatic heterocycles. The molecule has 0 radical (unpaired) electrons. The lowest BCUT2D eigenvalue weighted by atomic mass is 9.90. The molecule has 0 unspecified atom stereocenters. The molecular formula is C20H20N2O2. The first kappa shape index (κ1) is 14.9. The Balaban J connectivity index is 1.57. The van der Waals surface area contributed by atoms with Gasteiger partial charge in [-0.2, -0.15) is 0 Å². The Labute approximate surface area is 141 Å². The second-order valence-corrected chi connectivity index (χ2v) is 6.53. The van der Waals surface area contributed by atoms with E-state index in [0.717, 1.165) is 24.1 Å². The van der Waals surface area contributed by atoms with Gasteiger partial charge in [-0.3, -0.25) is 9.59 Å². The molecule has 122 valence electrons. The summed E-state index contributed by atoms with van der Waals surface area (Å²) in [6.45, 7) is 0.0841. The van der Waals surface area contributed by atoms with Gasteiger partial charge in [-0.05, 0) is 54.5 Å². The van der Waals surface area contributed by atoms with Crippen molar-refractivity contribution in [2.24, 2.45) is 0 Å². The van der Waals surface area contributed by atoms with Crippen LogP contribution in [-0.2, 0) is 28.9 Å². The quantitative estimate of drug-likeness (QED) is 0.924. The largest absolute Gasteiger partial charge is 0.323 e. The maximum Gasteiger partial charge on any atom is 0.244 e. The normalized spacial score (nSPS) is 16.2. The summed E-state index contributed by atoms with van der Waals surface area (Å²) < 4.78 is 0. The van der Waals surface area contributed by atoms with Crippen molar-refractivity contribution in [2.45, 2.75) is 32.1 Å². The van der Waals surface area contributed by atoms with E-state index in [1.807, 2.05) is 24.3 Å². The van der Waals surface area contributed by atoms with Crippen LogP contribution >= 0.6 is 0 Å². The topological polar surface area (TPSA) is 49.4 Å². The molecule has 24 heavy (non-hydrogen) atoms. The van der Waals surface area contributed by atoms with E-state index in [2.05, 4.69) is 23.5 Å². The molecule has 0 aromatic heterocycles. The predicted octanol–water partition coefficient (Wildman–Crippen LogP) is 3.09. The van der Waals surface area contributed by atoms with Crippen LogP contribution in [0.1, 0.15) is 29.5 Å². The number of carbonyl (C=O) groups is 2. The molecule has 0 saturated carbocycles. The number of fused-ring (bicyclic) bond motifs is 2. The standard InChI is InChI=1S/C20H20N2O2/c23-19-13-22(18-8-4-3-7-17(18)21-19)20(24)12-14-9-10-15-5-1-2-6-16(15)11-14/h3-4,7-11H,1-2,5-6,12-13H2,(H,21,23). The number of para-hydroxylation sites is 2. The van der Waals surface area contributed by atoms with Crippen LogP contribution in [0.3, 0.4) is 0 Å². The zero-order chi connectivity index (χ0) is 16.5. The third kappa shape index (κ3) is 2.80. The van der Waals surface area contributed by atoms with Gasteiger partial charge in [0.05, 0.1) is 17.8 Å². The molecular weight excluding hydrogens is 300 g/mol. The first-order chi connectivity index (χ1) is 11.7. The Bertz CT molecular complexity index is 813. The number of benzene rings is 2. The molecule has 1 N–H and O–H groups in total. The summed E-state index contributed by atoms with van der Waals surface area (Å²) in [6.07, 6.45) is 5.06. The lowest BCUT2D eigenvalue weighted by molar-refractivity contribution is -0.121. The third-order valence-electron chi connectivity index (χ3n) is 4.84. The zero-order valence-electron chi connectivity index (χ0n) is 13.5. The van der Waals surface area contributed by atoms with Gasteiger partial charge in [0.2, 0.25) is 11.8 Å². The Hall–Kier alpha value is -2.62. The first-order valence-corrected chi connectivity index (χ1v) is 8.50. The molecule has 2 aliphatic rings. The van der Waals surface area contributed by atoms with E-state index in [-0.39, 0.29) is 18.4 Å².